The minimum atomic E-state index is -1.78. The van der Waals surface area contributed by atoms with Crippen molar-refractivity contribution in [1.29, 1.82) is 0 Å². The first kappa shape index (κ1) is 12.9. The normalized spacial score (nSPS) is 14.0. The molecule has 16 heavy (non-hydrogen) atoms. The Morgan fingerprint density at radius 1 is 1.50 bits per heavy atom. The zero-order valence-electron chi connectivity index (χ0n) is 9.29. The molecule has 0 fully saturated rings. The van der Waals surface area contributed by atoms with Crippen molar-refractivity contribution in [3.8, 4) is 5.75 Å². The van der Waals surface area contributed by atoms with E-state index < -0.39 is 5.60 Å². The van der Waals surface area contributed by atoms with Crippen molar-refractivity contribution in [2.45, 2.75) is 25.9 Å². The lowest BCUT2D eigenvalue weighted by Crippen LogP contribution is -2.16. The largest absolute Gasteiger partial charge is 0.455 e. The summed E-state index contributed by atoms with van der Waals surface area (Å²) < 4.78 is 18.1. The van der Waals surface area contributed by atoms with Crippen LogP contribution >= 0.6 is 9.24 Å². The lowest BCUT2D eigenvalue weighted by atomic mass is 10.3. The first-order valence-electron chi connectivity index (χ1n) is 4.97. The van der Waals surface area contributed by atoms with Crippen molar-refractivity contribution in [3.63, 3.8) is 0 Å². The summed E-state index contributed by atoms with van der Waals surface area (Å²) in [5.41, 5.74) is -1.11. The lowest BCUT2D eigenvalue weighted by Gasteiger charge is -2.16. The van der Waals surface area contributed by atoms with Gasteiger partial charge in [0.05, 0.1) is 0 Å². The molecule has 1 aromatic carbocycles. The van der Waals surface area contributed by atoms with E-state index in [-0.39, 0.29) is 5.91 Å². The number of alkyl halides is 1. The van der Waals surface area contributed by atoms with Crippen LogP contribution in [-0.2, 0) is 4.79 Å². The predicted molar refractivity (Wildman–Crippen MR) is 65.2 cm³/mol. The maximum atomic E-state index is 13.1. The van der Waals surface area contributed by atoms with Gasteiger partial charge in [-0.1, -0.05) is 16.2 Å². The second-order valence-corrected chi connectivity index (χ2v) is 4.55. The second kappa shape index (κ2) is 5.26. The number of ether oxygens (including phenoxy) is 1. The first-order chi connectivity index (χ1) is 7.40. The van der Waals surface area contributed by atoms with Gasteiger partial charge in [-0.2, -0.15) is 4.39 Å². The summed E-state index contributed by atoms with van der Waals surface area (Å²) in [6.07, 6.45) is 0.423. The number of amides is 1. The van der Waals surface area contributed by atoms with E-state index in [0.29, 0.717) is 17.9 Å². The summed E-state index contributed by atoms with van der Waals surface area (Å²) in [7, 11) is 1.95. The first-order valence-corrected chi connectivity index (χ1v) is 5.55. The molecule has 0 aliphatic carbocycles. The van der Waals surface area contributed by atoms with E-state index in [1.807, 2.05) is 9.24 Å². The van der Waals surface area contributed by atoms with E-state index in [4.69, 9.17) is 4.74 Å². The number of benzene rings is 1. The number of nitrogens with one attached hydrogen (secondary N) is 1. The molecule has 0 spiro atoms. The van der Waals surface area contributed by atoms with E-state index in [9.17, 15) is 9.18 Å². The van der Waals surface area contributed by atoms with E-state index in [1.54, 1.807) is 31.2 Å². The Morgan fingerprint density at radius 3 is 2.50 bits per heavy atom. The van der Waals surface area contributed by atoms with Gasteiger partial charge in [0.15, 0.2) is 0 Å². The van der Waals surface area contributed by atoms with Crippen molar-refractivity contribution in [2.24, 2.45) is 0 Å². The molecule has 0 aliphatic rings. The average molecular weight is 243 g/mol. The molecule has 1 aromatic rings. The highest BCUT2D eigenvalue weighted by Gasteiger charge is 2.16. The molecule has 2 atom stereocenters. The van der Waals surface area contributed by atoms with Crippen molar-refractivity contribution >= 4 is 20.8 Å². The molecule has 0 bridgehead atoms. The van der Waals surface area contributed by atoms with Crippen LogP contribution in [0.2, 0.25) is 0 Å². The topological polar surface area (TPSA) is 38.3 Å². The van der Waals surface area contributed by atoms with Crippen LogP contribution in [0.15, 0.2) is 24.3 Å². The number of halogens is 1. The van der Waals surface area contributed by atoms with Crippen LogP contribution in [0.1, 0.15) is 20.3 Å². The molecule has 0 heterocycles. The molecule has 5 heteroatoms. The van der Waals surface area contributed by atoms with Crippen molar-refractivity contribution in [3.05, 3.63) is 24.3 Å². The third-order valence-corrected chi connectivity index (χ3v) is 1.89. The molecule has 1 N–H and O–H groups in total. The maximum absolute atomic E-state index is 13.1. The van der Waals surface area contributed by atoms with Gasteiger partial charge in [-0.25, -0.2) is 0 Å². The highest BCUT2D eigenvalue weighted by molar-refractivity contribution is 7.18. The van der Waals surface area contributed by atoms with E-state index in [1.165, 1.54) is 6.92 Å². The Bertz CT molecular complexity index is 359. The highest BCUT2D eigenvalue weighted by Crippen LogP contribution is 2.26. The number of anilines is 1. The van der Waals surface area contributed by atoms with Gasteiger partial charge in [0.25, 0.3) is 5.60 Å². The zero-order chi connectivity index (χ0) is 12.2. The van der Waals surface area contributed by atoms with Crippen LogP contribution in [0.3, 0.4) is 0 Å². The standard InChI is InChI=1S/C11H15FNO2P/c1-3-10(14)13-8-4-6-9(7-5-8)15-11(2,12)16/h4-7H,3,16H2,1-2H3,(H,13,14). The number of carbonyl (C=O) groups excluding carboxylic acids is 1. The van der Waals surface area contributed by atoms with Gasteiger partial charge in [-0.3, -0.25) is 4.79 Å². The maximum Gasteiger partial charge on any atom is 0.256 e. The van der Waals surface area contributed by atoms with Crippen LogP contribution in [0.5, 0.6) is 5.75 Å². The zero-order valence-corrected chi connectivity index (χ0v) is 10.4. The van der Waals surface area contributed by atoms with Crippen LogP contribution in [0.4, 0.5) is 10.1 Å². The summed E-state index contributed by atoms with van der Waals surface area (Å²) in [6, 6.07) is 6.54. The molecule has 2 unspecified atom stereocenters. The van der Waals surface area contributed by atoms with Gasteiger partial charge in [0.2, 0.25) is 5.91 Å². The summed E-state index contributed by atoms with van der Waals surface area (Å²) >= 11 is 0. The van der Waals surface area contributed by atoms with E-state index in [2.05, 4.69) is 5.32 Å². The summed E-state index contributed by atoms with van der Waals surface area (Å²) in [5.74, 6) is 0.351. The van der Waals surface area contributed by atoms with Crippen LogP contribution < -0.4 is 10.1 Å². The smallest absolute Gasteiger partial charge is 0.256 e. The van der Waals surface area contributed by atoms with Gasteiger partial charge in [-0.05, 0) is 24.3 Å². The summed E-state index contributed by atoms with van der Waals surface area (Å²) in [4.78, 5) is 11.1. The molecule has 0 saturated heterocycles. The third kappa shape index (κ3) is 4.58. The Hall–Kier alpha value is -1.15. The fourth-order valence-corrected chi connectivity index (χ4v) is 1.22. The van der Waals surface area contributed by atoms with Gasteiger partial charge in [-0.15, -0.1) is 0 Å². The second-order valence-electron chi connectivity index (χ2n) is 3.51. The SMILES string of the molecule is CCC(=O)Nc1ccc(OC(C)(F)P)cc1. The molecular formula is C11H15FNO2P. The van der Waals surface area contributed by atoms with E-state index in [0.717, 1.165) is 0 Å². The summed E-state index contributed by atoms with van der Waals surface area (Å²) in [6.45, 7) is 3.07. The monoisotopic (exact) mass is 243 g/mol. The predicted octanol–water partition coefficient (Wildman–Crippen LogP) is 2.93. The number of carbonyl (C=O) groups is 1. The third-order valence-electron chi connectivity index (χ3n) is 1.78. The Balaban J connectivity index is 2.64. The fraction of sp³-hybridized carbons (Fsp3) is 0.364. The van der Waals surface area contributed by atoms with Crippen LogP contribution in [0.25, 0.3) is 0 Å². The molecule has 0 aliphatic heterocycles. The minimum Gasteiger partial charge on any atom is -0.455 e. The minimum absolute atomic E-state index is 0.0601. The van der Waals surface area contributed by atoms with Gasteiger partial charge >= 0.3 is 0 Å². The molecule has 0 radical (unpaired) electrons. The average Bonchev–Trinajstić information content (AvgIpc) is 2.18. The molecule has 88 valence electrons. The number of hydrogen-bond acceptors (Lipinski definition) is 2. The fourth-order valence-electron chi connectivity index (χ4n) is 1.09. The highest BCUT2D eigenvalue weighted by atomic mass is 31.0. The van der Waals surface area contributed by atoms with Gasteiger partial charge in [0, 0.05) is 19.0 Å². The van der Waals surface area contributed by atoms with Crippen molar-refractivity contribution in [2.75, 3.05) is 5.32 Å². The Labute approximate surface area is 96.6 Å². The molecule has 1 rings (SSSR count). The van der Waals surface area contributed by atoms with Crippen molar-refractivity contribution in [1.82, 2.24) is 0 Å². The van der Waals surface area contributed by atoms with E-state index >= 15 is 0 Å². The Morgan fingerprint density at radius 2 is 2.06 bits per heavy atom. The van der Waals surface area contributed by atoms with Gasteiger partial charge < -0.3 is 10.1 Å². The van der Waals surface area contributed by atoms with Crippen molar-refractivity contribution < 1.29 is 13.9 Å². The molecule has 0 aromatic heterocycles. The quantitative estimate of drug-likeness (QED) is 0.826. The number of hydrogen-bond donors (Lipinski definition) is 1. The molecule has 0 saturated carbocycles. The lowest BCUT2D eigenvalue weighted by molar-refractivity contribution is -0.115. The summed E-state index contributed by atoms with van der Waals surface area (Å²) in [5, 5.41) is 2.69. The number of rotatable bonds is 4. The molecular weight excluding hydrogens is 228 g/mol. The molecule has 3 nitrogen and oxygen atoms in total. The van der Waals surface area contributed by atoms with Crippen LogP contribution in [-0.4, -0.2) is 11.5 Å². The van der Waals surface area contributed by atoms with Gasteiger partial charge in [0.1, 0.15) is 5.75 Å². The van der Waals surface area contributed by atoms with Crippen LogP contribution in [0, 0.1) is 0 Å². The molecule has 1 amide bonds. The Kier molecular flexibility index (Phi) is 4.25.